The van der Waals surface area contributed by atoms with E-state index < -0.39 is 0 Å². The summed E-state index contributed by atoms with van der Waals surface area (Å²) in [6.45, 7) is 7.59. The lowest BCUT2D eigenvalue weighted by molar-refractivity contribution is 0.182. The van der Waals surface area contributed by atoms with E-state index in [2.05, 4.69) is 36.0 Å². The van der Waals surface area contributed by atoms with Crippen molar-refractivity contribution in [3.63, 3.8) is 0 Å². The molecule has 0 saturated carbocycles. The van der Waals surface area contributed by atoms with E-state index in [4.69, 9.17) is 17.0 Å². The van der Waals surface area contributed by atoms with Crippen LogP contribution >= 0.6 is 23.6 Å². The van der Waals surface area contributed by atoms with Crippen molar-refractivity contribution in [3.8, 4) is 10.7 Å². The Kier molecular flexibility index (Phi) is 4.49. The fourth-order valence-electron chi connectivity index (χ4n) is 1.81. The lowest BCUT2D eigenvalue weighted by Crippen LogP contribution is -1.99. The van der Waals surface area contributed by atoms with Crippen molar-refractivity contribution in [2.45, 2.75) is 39.8 Å². The second-order valence-electron chi connectivity index (χ2n) is 4.51. The average molecular weight is 298 g/mol. The molecule has 104 valence electrons. The van der Waals surface area contributed by atoms with Crippen LogP contribution in [0.25, 0.3) is 10.7 Å². The van der Waals surface area contributed by atoms with Crippen LogP contribution in [0.4, 0.5) is 0 Å². The third-order valence-electron chi connectivity index (χ3n) is 2.77. The average Bonchev–Trinajstić information content (AvgIpc) is 2.93. The molecule has 0 aliphatic carbocycles. The number of H-pyrrole nitrogens is 1. The second kappa shape index (κ2) is 5.94. The summed E-state index contributed by atoms with van der Waals surface area (Å²) >= 11 is 6.90. The van der Waals surface area contributed by atoms with E-state index in [1.165, 1.54) is 0 Å². The number of ether oxygens (including phenoxy) is 1. The van der Waals surface area contributed by atoms with Gasteiger partial charge in [0, 0.05) is 19.6 Å². The van der Waals surface area contributed by atoms with E-state index in [0.717, 1.165) is 27.9 Å². The Morgan fingerprint density at radius 1 is 1.47 bits per heavy atom. The molecular formula is C12H18N4OS2. The van der Waals surface area contributed by atoms with E-state index in [1.807, 2.05) is 4.57 Å². The van der Waals surface area contributed by atoms with Gasteiger partial charge in [0.1, 0.15) is 0 Å². The Bertz CT molecular complexity index is 612. The molecule has 0 spiro atoms. The number of methoxy groups -OCH3 is 1. The van der Waals surface area contributed by atoms with Crippen molar-refractivity contribution >= 4 is 23.6 Å². The van der Waals surface area contributed by atoms with Crippen LogP contribution in [0.5, 0.6) is 0 Å². The standard InChI is InChI=1S/C12H18N4OS2/c1-5-16-10(14-15-12(16)18)9-8(6-17-4)13-11(19-9)7(2)3/h7H,5-6H2,1-4H3,(H,15,18). The smallest absolute Gasteiger partial charge is 0.195 e. The van der Waals surface area contributed by atoms with Gasteiger partial charge < -0.3 is 4.74 Å². The fraction of sp³-hybridized carbons (Fsp3) is 0.583. The number of hydrogen-bond donors (Lipinski definition) is 1. The quantitative estimate of drug-likeness (QED) is 0.860. The Hall–Kier alpha value is -1.05. The van der Waals surface area contributed by atoms with E-state index in [-0.39, 0.29) is 0 Å². The molecule has 2 rings (SSSR count). The van der Waals surface area contributed by atoms with Crippen molar-refractivity contribution in [1.82, 2.24) is 19.7 Å². The predicted molar refractivity (Wildman–Crippen MR) is 79.0 cm³/mol. The van der Waals surface area contributed by atoms with Gasteiger partial charge in [-0.3, -0.25) is 9.67 Å². The molecule has 0 fully saturated rings. The van der Waals surface area contributed by atoms with Crippen LogP contribution in [0.3, 0.4) is 0 Å². The first-order valence-corrected chi connectivity index (χ1v) is 7.45. The fourth-order valence-corrected chi connectivity index (χ4v) is 3.14. The second-order valence-corrected chi connectivity index (χ2v) is 5.93. The molecule has 2 aromatic rings. The monoisotopic (exact) mass is 298 g/mol. The summed E-state index contributed by atoms with van der Waals surface area (Å²) in [5, 5.41) is 8.28. The largest absolute Gasteiger partial charge is 0.378 e. The highest BCUT2D eigenvalue weighted by molar-refractivity contribution is 7.71. The van der Waals surface area contributed by atoms with Crippen LogP contribution in [-0.2, 0) is 17.9 Å². The minimum absolute atomic E-state index is 0.395. The maximum absolute atomic E-state index is 5.24. The van der Waals surface area contributed by atoms with Gasteiger partial charge >= 0.3 is 0 Å². The molecular weight excluding hydrogens is 280 g/mol. The summed E-state index contributed by atoms with van der Waals surface area (Å²) in [6.07, 6.45) is 0. The van der Waals surface area contributed by atoms with E-state index in [0.29, 0.717) is 17.3 Å². The highest BCUT2D eigenvalue weighted by Crippen LogP contribution is 2.33. The van der Waals surface area contributed by atoms with Gasteiger partial charge in [-0.1, -0.05) is 13.8 Å². The molecule has 0 saturated heterocycles. The van der Waals surface area contributed by atoms with Gasteiger partial charge in [-0.2, -0.15) is 5.10 Å². The third kappa shape index (κ3) is 2.77. The normalized spacial score (nSPS) is 11.4. The molecule has 0 bridgehead atoms. The summed E-state index contributed by atoms with van der Waals surface area (Å²) < 4.78 is 7.85. The number of hydrogen-bond acceptors (Lipinski definition) is 5. The molecule has 7 heteroatoms. The van der Waals surface area contributed by atoms with Crippen molar-refractivity contribution in [1.29, 1.82) is 0 Å². The molecule has 1 N–H and O–H groups in total. The van der Waals surface area contributed by atoms with Crippen molar-refractivity contribution in [3.05, 3.63) is 15.5 Å². The summed E-state index contributed by atoms with van der Waals surface area (Å²) in [7, 11) is 1.68. The molecule has 5 nitrogen and oxygen atoms in total. The van der Waals surface area contributed by atoms with Crippen LogP contribution in [-0.4, -0.2) is 26.9 Å². The van der Waals surface area contributed by atoms with Crippen molar-refractivity contribution in [2.24, 2.45) is 0 Å². The Morgan fingerprint density at radius 3 is 2.79 bits per heavy atom. The number of aromatic amines is 1. The Balaban J connectivity index is 2.56. The number of nitrogens with one attached hydrogen (secondary N) is 1. The van der Waals surface area contributed by atoms with Crippen molar-refractivity contribution < 1.29 is 4.74 Å². The first-order chi connectivity index (χ1) is 9.08. The highest BCUT2D eigenvalue weighted by atomic mass is 32.1. The van der Waals surface area contributed by atoms with Crippen LogP contribution in [0.2, 0.25) is 0 Å². The van der Waals surface area contributed by atoms with Gasteiger partial charge in [-0.25, -0.2) is 4.98 Å². The van der Waals surface area contributed by atoms with E-state index in [1.54, 1.807) is 18.4 Å². The van der Waals surface area contributed by atoms with Crippen LogP contribution in [0.1, 0.15) is 37.4 Å². The van der Waals surface area contributed by atoms with Crippen LogP contribution in [0.15, 0.2) is 0 Å². The van der Waals surface area contributed by atoms with E-state index >= 15 is 0 Å². The minimum atomic E-state index is 0.395. The first-order valence-electron chi connectivity index (χ1n) is 6.22. The molecule has 0 unspecified atom stereocenters. The maximum Gasteiger partial charge on any atom is 0.195 e. The molecule has 2 aromatic heterocycles. The van der Waals surface area contributed by atoms with Gasteiger partial charge in [0.05, 0.1) is 22.2 Å². The topological polar surface area (TPSA) is 55.7 Å². The van der Waals surface area contributed by atoms with Gasteiger partial charge in [-0.15, -0.1) is 11.3 Å². The van der Waals surface area contributed by atoms with Crippen molar-refractivity contribution in [2.75, 3.05) is 7.11 Å². The summed E-state index contributed by atoms with van der Waals surface area (Å²) in [5.74, 6) is 1.25. The Morgan fingerprint density at radius 2 is 2.21 bits per heavy atom. The zero-order valence-corrected chi connectivity index (χ0v) is 13.2. The number of rotatable bonds is 5. The zero-order chi connectivity index (χ0) is 14.0. The molecule has 0 aliphatic rings. The molecule has 0 aliphatic heterocycles. The summed E-state index contributed by atoms with van der Waals surface area (Å²) in [4.78, 5) is 5.69. The minimum Gasteiger partial charge on any atom is -0.378 e. The zero-order valence-electron chi connectivity index (χ0n) is 11.6. The highest BCUT2D eigenvalue weighted by Gasteiger charge is 2.19. The first kappa shape index (κ1) is 14.4. The van der Waals surface area contributed by atoms with Gasteiger partial charge in [-0.05, 0) is 19.1 Å². The molecule has 0 amide bonds. The van der Waals surface area contributed by atoms with Gasteiger partial charge in [0.15, 0.2) is 10.6 Å². The summed E-state index contributed by atoms with van der Waals surface area (Å²) in [6, 6.07) is 0. The predicted octanol–water partition coefficient (Wildman–Crippen LogP) is 3.35. The SMILES string of the molecule is CCn1c(-c2sc(C(C)C)nc2COC)n[nH]c1=S. The van der Waals surface area contributed by atoms with Gasteiger partial charge in [0.2, 0.25) is 0 Å². The molecule has 0 aromatic carbocycles. The van der Waals surface area contributed by atoms with Crippen LogP contribution in [0, 0.1) is 4.77 Å². The maximum atomic E-state index is 5.24. The molecule has 19 heavy (non-hydrogen) atoms. The van der Waals surface area contributed by atoms with Crippen LogP contribution < -0.4 is 0 Å². The number of thiazole rings is 1. The molecule has 0 atom stereocenters. The number of aromatic nitrogens is 4. The molecule has 0 radical (unpaired) electrons. The number of nitrogens with zero attached hydrogens (tertiary/aromatic N) is 3. The lowest BCUT2D eigenvalue weighted by Gasteiger charge is -2.02. The van der Waals surface area contributed by atoms with Gasteiger partial charge in [0.25, 0.3) is 0 Å². The lowest BCUT2D eigenvalue weighted by atomic mass is 10.2. The third-order valence-corrected chi connectivity index (χ3v) is 4.47. The molecule has 2 heterocycles. The van der Waals surface area contributed by atoms with E-state index in [9.17, 15) is 0 Å². The summed E-state index contributed by atoms with van der Waals surface area (Å²) in [5.41, 5.74) is 0.930. The Labute approximate surface area is 121 Å².